The van der Waals surface area contributed by atoms with Gasteiger partial charge in [-0.2, -0.15) is 0 Å². The molecule has 1 heterocycles. The fourth-order valence-electron chi connectivity index (χ4n) is 3.30. The summed E-state index contributed by atoms with van der Waals surface area (Å²) in [4.78, 5) is 28.2. The summed E-state index contributed by atoms with van der Waals surface area (Å²) in [5.41, 5.74) is 2.27. The van der Waals surface area contributed by atoms with E-state index in [1.165, 1.54) is 0 Å². The Morgan fingerprint density at radius 2 is 1.80 bits per heavy atom. The molecule has 4 rings (SSSR count). The second-order valence-corrected chi connectivity index (χ2v) is 8.43. The molecule has 0 atom stereocenters. The van der Waals surface area contributed by atoms with Gasteiger partial charge in [0.05, 0.1) is 20.2 Å². The quantitative estimate of drug-likeness (QED) is 0.561. The largest absolute Gasteiger partial charge is 0.496 e. The van der Waals surface area contributed by atoms with E-state index in [-0.39, 0.29) is 17.7 Å². The van der Waals surface area contributed by atoms with Gasteiger partial charge in [-0.25, -0.2) is 0 Å². The Morgan fingerprint density at radius 3 is 2.47 bits per heavy atom. The molecule has 0 saturated heterocycles. The molecule has 2 amide bonds. The highest BCUT2D eigenvalue weighted by molar-refractivity contribution is 7.09. The normalized spacial score (nSPS) is 13.0. The van der Waals surface area contributed by atoms with E-state index < -0.39 is 0 Å². The number of ether oxygens (including phenoxy) is 1. The van der Waals surface area contributed by atoms with Crippen molar-refractivity contribution in [2.45, 2.75) is 25.9 Å². The van der Waals surface area contributed by atoms with E-state index in [1.807, 2.05) is 46.7 Å². The van der Waals surface area contributed by atoms with E-state index in [0.717, 1.165) is 34.7 Å². The molecule has 1 aliphatic carbocycles. The molecular weight excluding hydrogens is 396 g/mol. The van der Waals surface area contributed by atoms with Gasteiger partial charge in [0.1, 0.15) is 5.75 Å². The third kappa shape index (κ3) is 4.89. The fraction of sp³-hybridized carbons (Fsp3) is 0.250. The fourth-order valence-corrected chi connectivity index (χ4v) is 4.02. The van der Waals surface area contributed by atoms with Crippen molar-refractivity contribution < 1.29 is 14.3 Å². The summed E-state index contributed by atoms with van der Waals surface area (Å²) in [6, 6.07) is 18.9. The van der Waals surface area contributed by atoms with Gasteiger partial charge in [0, 0.05) is 27.6 Å². The predicted octanol–water partition coefficient (Wildman–Crippen LogP) is 4.95. The predicted molar refractivity (Wildman–Crippen MR) is 119 cm³/mol. The van der Waals surface area contributed by atoms with E-state index in [9.17, 15) is 9.59 Å². The summed E-state index contributed by atoms with van der Waals surface area (Å²) in [5, 5.41) is 4.92. The third-order valence-corrected chi connectivity index (χ3v) is 5.98. The number of benzene rings is 2. The van der Waals surface area contributed by atoms with E-state index in [4.69, 9.17) is 4.74 Å². The minimum absolute atomic E-state index is 0.0598. The van der Waals surface area contributed by atoms with Gasteiger partial charge < -0.3 is 15.0 Å². The maximum atomic E-state index is 13.3. The molecule has 1 N–H and O–H groups in total. The SMILES string of the molecule is COc1ccccc1CN(Cc1cccs1)C(=O)c1ccc(NC(=O)C2CC2)cc1. The zero-order valence-corrected chi connectivity index (χ0v) is 17.7. The lowest BCUT2D eigenvalue weighted by atomic mass is 10.1. The lowest BCUT2D eigenvalue weighted by Gasteiger charge is -2.23. The van der Waals surface area contributed by atoms with Crippen molar-refractivity contribution in [1.29, 1.82) is 0 Å². The monoisotopic (exact) mass is 420 g/mol. The highest BCUT2D eigenvalue weighted by Gasteiger charge is 2.29. The van der Waals surface area contributed by atoms with Gasteiger partial charge in [0.2, 0.25) is 5.91 Å². The van der Waals surface area contributed by atoms with E-state index in [0.29, 0.717) is 18.7 Å². The topological polar surface area (TPSA) is 58.6 Å². The Labute approximate surface area is 180 Å². The second-order valence-electron chi connectivity index (χ2n) is 7.39. The van der Waals surface area contributed by atoms with Crippen LogP contribution in [0.4, 0.5) is 5.69 Å². The summed E-state index contributed by atoms with van der Waals surface area (Å²) in [6.45, 7) is 0.968. The molecule has 3 aromatic rings. The molecule has 1 aromatic heterocycles. The number of rotatable bonds is 8. The Balaban J connectivity index is 1.53. The summed E-state index contributed by atoms with van der Waals surface area (Å²) < 4.78 is 5.47. The van der Waals surface area contributed by atoms with Crippen LogP contribution in [-0.2, 0) is 17.9 Å². The average molecular weight is 421 g/mol. The van der Waals surface area contributed by atoms with Gasteiger partial charge in [-0.1, -0.05) is 24.3 Å². The first-order valence-electron chi connectivity index (χ1n) is 9.98. The van der Waals surface area contributed by atoms with Crippen LogP contribution in [-0.4, -0.2) is 23.8 Å². The zero-order valence-electron chi connectivity index (χ0n) is 16.8. The Hall–Kier alpha value is -3.12. The number of hydrogen-bond donors (Lipinski definition) is 1. The highest BCUT2D eigenvalue weighted by Crippen LogP contribution is 2.30. The van der Waals surface area contributed by atoms with Crippen molar-refractivity contribution in [3.05, 3.63) is 82.0 Å². The van der Waals surface area contributed by atoms with Crippen molar-refractivity contribution in [3.8, 4) is 5.75 Å². The van der Waals surface area contributed by atoms with Crippen molar-refractivity contribution in [1.82, 2.24) is 4.90 Å². The van der Waals surface area contributed by atoms with Crippen LogP contribution in [0, 0.1) is 5.92 Å². The number of amides is 2. The molecule has 1 fully saturated rings. The standard InChI is InChI=1S/C24H24N2O3S/c1-29-22-7-3-2-5-19(22)15-26(16-21-6-4-14-30-21)24(28)18-10-12-20(13-11-18)25-23(27)17-8-9-17/h2-7,10-14,17H,8-9,15-16H2,1H3,(H,25,27). The van der Waals surface area contributed by atoms with Gasteiger partial charge >= 0.3 is 0 Å². The Kier molecular flexibility index (Phi) is 6.14. The Bertz CT molecular complexity index is 1010. The molecule has 0 radical (unpaired) electrons. The summed E-state index contributed by atoms with van der Waals surface area (Å²) in [6.07, 6.45) is 1.92. The van der Waals surface area contributed by atoms with Crippen LogP contribution in [0.25, 0.3) is 0 Å². The number of carbonyl (C=O) groups is 2. The number of nitrogens with one attached hydrogen (secondary N) is 1. The number of hydrogen-bond acceptors (Lipinski definition) is 4. The molecule has 2 aromatic carbocycles. The first-order valence-corrected chi connectivity index (χ1v) is 10.9. The van der Waals surface area contributed by atoms with Crippen molar-refractivity contribution in [2.75, 3.05) is 12.4 Å². The smallest absolute Gasteiger partial charge is 0.254 e. The minimum atomic E-state index is -0.0608. The van der Waals surface area contributed by atoms with Gasteiger partial charge in [0.25, 0.3) is 5.91 Å². The van der Waals surface area contributed by atoms with Crippen LogP contribution in [0.3, 0.4) is 0 Å². The second kappa shape index (κ2) is 9.13. The first kappa shape index (κ1) is 20.2. The number of nitrogens with zero attached hydrogens (tertiary/aromatic N) is 1. The maximum absolute atomic E-state index is 13.3. The molecule has 154 valence electrons. The van der Waals surface area contributed by atoms with Crippen molar-refractivity contribution >= 4 is 28.8 Å². The van der Waals surface area contributed by atoms with Crippen LogP contribution >= 0.6 is 11.3 Å². The zero-order chi connectivity index (χ0) is 20.9. The van der Waals surface area contributed by atoms with E-state index >= 15 is 0 Å². The summed E-state index contributed by atoms with van der Waals surface area (Å²) in [5.74, 6) is 0.909. The van der Waals surface area contributed by atoms with Crippen LogP contribution in [0.2, 0.25) is 0 Å². The number of para-hydroxylation sites is 1. The van der Waals surface area contributed by atoms with Gasteiger partial charge in [0.15, 0.2) is 0 Å². The van der Waals surface area contributed by atoms with E-state index in [2.05, 4.69) is 5.32 Å². The minimum Gasteiger partial charge on any atom is -0.496 e. The third-order valence-electron chi connectivity index (χ3n) is 5.12. The average Bonchev–Trinajstić information content (AvgIpc) is 3.51. The highest BCUT2D eigenvalue weighted by atomic mass is 32.1. The van der Waals surface area contributed by atoms with Crippen LogP contribution in [0.5, 0.6) is 5.75 Å². The maximum Gasteiger partial charge on any atom is 0.254 e. The molecule has 0 aliphatic heterocycles. The van der Waals surface area contributed by atoms with Crippen LogP contribution in [0.1, 0.15) is 33.6 Å². The number of anilines is 1. The lowest BCUT2D eigenvalue weighted by Crippen LogP contribution is -2.30. The molecule has 0 unspecified atom stereocenters. The number of thiophene rings is 1. The molecular formula is C24H24N2O3S. The first-order chi connectivity index (χ1) is 14.6. The lowest BCUT2D eigenvalue weighted by molar-refractivity contribution is -0.117. The van der Waals surface area contributed by atoms with Crippen LogP contribution in [0.15, 0.2) is 66.0 Å². The molecule has 0 bridgehead atoms. The van der Waals surface area contributed by atoms with Crippen molar-refractivity contribution in [2.24, 2.45) is 5.92 Å². The molecule has 30 heavy (non-hydrogen) atoms. The Morgan fingerprint density at radius 1 is 1.03 bits per heavy atom. The van der Waals surface area contributed by atoms with Gasteiger partial charge in [-0.15, -0.1) is 11.3 Å². The van der Waals surface area contributed by atoms with Crippen LogP contribution < -0.4 is 10.1 Å². The molecule has 5 nitrogen and oxygen atoms in total. The summed E-state index contributed by atoms with van der Waals surface area (Å²) in [7, 11) is 1.64. The summed E-state index contributed by atoms with van der Waals surface area (Å²) >= 11 is 1.63. The van der Waals surface area contributed by atoms with Crippen molar-refractivity contribution in [3.63, 3.8) is 0 Å². The van der Waals surface area contributed by atoms with E-state index in [1.54, 1.807) is 42.7 Å². The van der Waals surface area contributed by atoms with Gasteiger partial charge in [-0.3, -0.25) is 9.59 Å². The number of carbonyl (C=O) groups excluding carboxylic acids is 2. The molecule has 0 spiro atoms. The number of methoxy groups -OCH3 is 1. The molecule has 1 saturated carbocycles. The van der Waals surface area contributed by atoms with Gasteiger partial charge in [-0.05, 0) is 54.6 Å². The molecule has 6 heteroatoms. The molecule has 1 aliphatic rings.